The second-order valence-electron chi connectivity index (χ2n) is 2.71. The Morgan fingerprint density at radius 3 is 2.23 bits per heavy atom. The Labute approximate surface area is 76.2 Å². The molecular formula is C6H13F2NO3S. The lowest BCUT2D eigenvalue weighted by atomic mass is 10.5. The molecule has 0 aliphatic rings. The van der Waals surface area contributed by atoms with Crippen molar-refractivity contribution in [1.82, 2.24) is 4.31 Å². The largest absolute Gasteiger partial charge is 0.395 e. The average molecular weight is 217 g/mol. The van der Waals surface area contributed by atoms with Crippen molar-refractivity contribution in [2.75, 3.05) is 20.2 Å². The van der Waals surface area contributed by atoms with Gasteiger partial charge in [-0.05, 0) is 6.92 Å². The molecule has 0 rings (SSSR count). The molecule has 13 heavy (non-hydrogen) atoms. The van der Waals surface area contributed by atoms with E-state index in [1.165, 1.54) is 6.92 Å². The van der Waals surface area contributed by atoms with Crippen LogP contribution in [0.15, 0.2) is 0 Å². The van der Waals surface area contributed by atoms with Crippen molar-refractivity contribution in [3.63, 3.8) is 0 Å². The van der Waals surface area contributed by atoms with E-state index in [0.29, 0.717) is 4.31 Å². The van der Waals surface area contributed by atoms with Crippen LogP contribution in [-0.2, 0) is 10.0 Å². The lowest BCUT2D eigenvalue weighted by molar-refractivity contribution is 0.126. The summed E-state index contributed by atoms with van der Waals surface area (Å²) in [6.07, 6.45) is -2.70. The van der Waals surface area contributed by atoms with Crippen LogP contribution < -0.4 is 0 Å². The van der Waals surface area contributed by atoms with E-state index in [0.717, 1.165) is 7.05 Å². The molecule has 0 saturated carbocycles. The van der Waals surface area contributed by atoms with Gasteiger partial charge in [-0.3, -0.25) is 0 Å². The average Bonchev–Trinajstić information content (AvgIpc) is 2.01. The van der Waals surface area contributed by atoms with Crippen LogP contribution >= 0.6 is 0 Å². The van der Waals surface area contributed by atoms with Crippen LogP contribution in [0.1, 0.15) is 6.92 Å². The number of nitrogens with zero attached hydrogens (tertiary/aromatic N) is 1. The maximum absolute atomic E-state index is 11.8. The summed E-state index contributed by atoms with van der Waals surface area (Å²) < 4.78 is 46.6. The van der Waals surface area contributed by atoms with Gasteiger partial charge in [-0.15, -0.1) is 0 Å². The maximum atomic E-state index is 11.8. The van der Waals surface area contributed by atoms with Crippen LogP contribution in [0.2, 0.25) is 0 Å². The van der Waals surface area contributed by atoms with Gasteiger partial charge in [0.2, 0.25) is 10.0 Å². The van der Waals surface area contributed by atoms with E-state index in [-0.39, 0.29) is 0 Å². The molecule has 0 aliphatic carbocycles. The SMILES string of the molecule is CC(CO)S(=O)(=O)N(C)CC(F)F. The van der Waals surface area contributed by atoms with Crippen molar-refractivity contribution in [3.05, 3.63) is 0 Å². The maximum Gasteiger partial charge on any atom is 0.252 e. The summed E-state index contributed by atoms with van der Waals surface area (Å²) in [7, 11) is -2.72. The summed E-state index contributed by atoms with van der Waals surface area (Å²) in [6.45, 7) is -0.153. The first kappa shape index (κ1) is 12.7. The highest BCUT2D eigenvalue weighted by Gasteiger charge is 2.26. The molecule has 0 aromatic rings. The number of alkyl halides is 2. The van der Waals surface area contributed by atoms with Crippen LogP contribution in [0.3, 0.4) is 0 Å². The normalized spacial score (nSPS) is 15.3. The molecule has 0 fully saturated rings. The number of rotatable bonds is 5. The molecule has 0 spiro atoms. The van der Waals surface area contributed by atoms with Crippen molar-refractivity contribution in [2.24, 2.45) is 0 Å². The molecule has 0 saturated heterocycles. The quantitative estimate of drug-likeness (QED) is 0.699. The van der Waals surface area contributed by atoms with Gasteiger partial charge >= 0.3 is 0 Å². The summed E-state index contributed by atoms with van der Waals surface area (Å²) in [6, 6.07) is 0. The number of sulfonamides is 1. The molecule has 4 nitrogen and oxygen atoms in total. The van der Waals surface area contributed by atoms with Gasteiger partial charge in [0.05, 0.1) is 18.4 Å². The van der Waals surface area contributed by atoms with Crippen molar-refractivity contribution in [2.45, 2.75) is 18.6 Å². The standard InChI is InChI=1S/C6H13F2NO3S/c1-5(4-10)13(11,12)9(2)3-6(7)8/h5-6,10H,3-4H2,1-2H3. The molecule has 0 aromatic heterocycles. The van der Waals surface area contributed by atoms with E-state index in [4.69, 9.17) is 5.11 Å². The van der Waals surface area contributed by atoms with E-state index in [9.17, 15) is 17.2 Å². The number of aliphatic hydroxyl groups excluding tert-OH is 1. The Morgan fingerprint density at radius 1 is 1.46 bits per heavy atom. The Morgan fingerprint density at radius 2 is 1.92 bits per heavy atom. The molecule has 0 heterocycles. The van der Waals surface area contributed by atoms with Gasteiger partial charge in [0.15, 0.2) is 0 Å². The predicted octanol–water partition coefficient (Wildman–Crippen LogP) is -0.106. The summed E-state index contributed by atoms with van der Waals surface area (Å²) >= 11 is 0. The molecule has 0 bridgehead atoms. The summed E-state index contributed by atoms with van der Waals surface area (Å²) in [4.78, 5) is 0. The Bertz CT molecular complexity index is 242. The lowest BCUT2D eigenvalue weighted by Crippen LogP contribution is -2.38. The topological polar surface area (TPSA) is 57.6 Å². The van der Waals surface area contributed by atoms with E-state index in [1.54, 1.807) is 0 Å². The van der Waals surface area contributed by atoms with Gasteiger partial charge in [-0.2, -0.15) is 4.31 Å². The van der Waals surface area contributed by atoms with Crippen LogP contribution in [0.25, 0.3) is 0 Å². The minimum atomic E-state index is -3.78. The number of halogens is 2. The summed E-state index contributed by atoms with van der Waals surface area (Å²) in [5.74, 6) is 0. The zero-order chi connectivity index (χ0) is 10.6. The smallest absolute Gasteiger partial charge is 0.252 e. The van der Waals surface area contributed by atoms with Crippen molar-refractivity contribution in [3.8, 4) is 0 Å². The fourth-order valence-corrected chi connectivity index (χ4v) is 1.82. The molecular weight excluding hydrogens is 204 g/mol. The molecule has 1 unspecified atom stereocenters. The molecule has 7 heteroatoms. The number of hydrogen-bond acceptors (Lipinski definition) is 3. The third-order valence-corrected chi connectivity index (χ3v) is 3.78. The second kappa shape index (κ2) is 4.83. The van der Waals surface area contributed by atoms with E-state index >= 15 is 0 Å². The van der Waals surface area contributed by atoms with Crippen LogP contribution in [0, 0.1) is 0 Å². The lowest BCUT2D eigenvalue weighted by Gasteiger charge is -2.19. The highest BCUT2D eigenvalue weighted by molar-refractivity contribution is 7.89. The highest BCUT2D eigenvalue weighted by atomic mass is 32.2. The molecule has 1 N–H and O–H groups in total. The first-order valence-electron chi connectivity index (χ1n) is 3.66. The second-order valence-corrected chi connectivity index (χ2v) is 5.17. The first-order chi connectivity index (χ1) is 5.82. The molecule has 0 radical (unpaired) electrons. The third-order valence-electron chi connectivity index (χ3n) is 1.60. The zero-order valence-electron chi connectivity index (χ0n) is 7.44. The molecule has 0 amide bonds. The van der Waals surface area contributed by atoms with Gasteiger partial charge in [0.25, 0.3) is 6.43 Å². The van der Waals surface area contributed by atoms with Gasteiger partial charge in [-0.25, -0.2) is 17.2 Å². The van der Waals surface area contributed by atoms with Crippen molar-refractivity contribution >= 4 is 10.0 Å². The predicted molar refractivity (Wildman–Crippen MR) is 44.1 cm³/mol. The van der Waals surface area contributed by atoms with Crippen LogP contribution in [0.4, 0.5) is 8.78 Å². The third kappa shape index (κ3) is 3.53. The fraction of sp³-hybridized carbons (Fsp3) is 1.00. The Kier molecular flexibility index (Phi) is 4.72. The zero-order valence-corrected chi connectivity index (χ0v) is 8.26. The van der Waals surface area contributed by atoms with E-state index in [2.05, 4.69) is 0 Å². The summed E-state index contributed by atoms with van der Waals surface area (Å²) in [5, 5.41) is 7.51. The van der Waals surface area contributed by atoms with Gasteiger partial charge in [0.1, 0.15) is 0 Å². The Balaban J connectivity index is 4.46. The number of aliphatic hydroxyl groups is 1. The molecule has 0 aromatic carbocycles. The monoisotopic (exact) mass is 217 g/mol. The Hall–Kier alpha value is -0.270. The number of hydrogen-bond donors (Lipinski definition) is 1. The molecule has 0 aliphatic heterocycles. The van der Waals surface area contributed by atoms with Crippen molar-refractivity contribution in [1.29, 1.82) is 0 Å². The van der Waals surface area contributed by atoms with E-state index in [1.807, 2.05) is 0 Å². The minimum Gasteiger partial charge on any atom is -0.395 e. The highest BCUT2D eigenvalue weighted by Crippen LogP contribution is 2.08. The summed E-state index contributed by atoms with van der Waals surface area (Å²) in [5.41, 5.74) is 0. The van der Waals surface area contributed by atoms with Crippen LogP contribution in [-0.4, -0.2) is 49.7 Å². The van der Waals surface area contributed by atoms with Crippen molar-refractivity contribution < 1.29 is 22.3 Å². The first-order valence-corrected chi connectivity index (χ1v) is 5.16. The molecule has 1 atom stereocenters. The molecule has 80 valence electrons. The van der Waals surface area contributed by atoms with Crippen LogP contribution in [0.5, 0.6) is 0 Å². The minimum absolute atomic E-state index is 0.554. The fourth-order valence-electron chi connectivity index (χ4n) is 0.700. The van der Waals surface area contributed by atoms with Gasteiger partial charge < -0.3 is 5.11 Å². The van der Waals surface area contributed by atoms with Gasteiger partial charge in [-0.1, -0.05) is 0 Å². The van der Waals surface area contributed by atoms with Gasteiger partial charge in [0, 0.05) is 7.05 Å². The van der Waals surface area contributed by atoms with E-state index < -0.39 is 34.9 Å².